The van der Waals surface area contributed by atoms with Crippen LogP contribution >= 0.6 is 17.0 Å². The molecule has 1 aliphatic heterocycles. The van der Waals surface area contributed by atoms with Crippen LogP contribution in [0.4, 0.5) is 0 Å². The maximum absolute atomic E-state index is 9.32. The summed E-state index contributed by atoms with van der Waals surface area (Å²) in [5, 5.41) is 21.9. The van der Waals surface area contributed by atoms with Crippen LogP contribution in [0.15, 0.2) is 12.1 Å². The van der Waals surface area contributed by atoms with Crippen LogP contribution in [0.3, 0.4) is 0 Å². The summed E-state index contributed by atoms with van der Waals surface area (Å²) < 4.78 is 0. The largest absolute Gasteiger partial charge is 0.504 e. The summed E-state index contributed by atoms with van der Waals surface area (Å²) >= 11 is 0. The summed E-state index contributed by atoms with van der Waals surface area (Å²) in [6.07, 6.45) is 0.910. The van der Waals surface area contributed by atoms with Gasteiger partial charge in [0.2, 0.25) is 0 Å². The van der Waals surface area contributed by atoms with Crippen LogP contribution in [-0.2, 0) is 6.42 Å². The second-order valence-electron chi connectivity index (χ2n) is 3.47. The lowest BCUT2D eigenvalue weighted by Gasteiger charge is -2.24. The molecule has 0 spiro atoms. The Balaban J connectivity index is 0.000000980. The zero-order valence-electron chi connectivity index (χ0n) is 7.95. The molecule has 2 rings (SSSR count). The van der Waals surface area contributed by atoms with E-state index in [1.165, 1.54) is 0 Å². The Labute approximate surface area is 93.5 Å². The molecule has 3 nitrogen and oxygen atoms in total. The number of halogens is 1. The Hall–Kier alpha value is -0.740. The van der Waals surface area contributed by atoms with Crippen LogP contribution in [0, 0.1) is 0 Å². The molecule has 14 heavy (non-hydrogen) atoms. The summed E-state index contributed by atoms with van der Waals surface area (Å²) in [4.78, 5) is 0. The Morgan fingerprint density at radius 3 is 2.64 bits per heavy atom. The predicted molar refractivity (Wildman–Crippen MR) is 60.2 cm³/mol. The van der Waals surface area contributed by atoms with Crippen LogP contribution in [0.5, 0.6) is 11.5 Å². The summed E-state index contributed by atoms with van der Waals surface area (Å²) in [7, 11) is 0. The SMILES string of the molecule is Br.C[C@@H]1NCCc2cc(O)c(O)cc21. The molecule has 1 atom stereocenters. The van der Waals surface area contributed by atoms with Crippen molar-refractivity contribution in [3.05, 3.63) is 23.3 Å². The van der Waals surface area contributed by atoms with Crippen LogP contribution in [0.1, 0.15) is 24.1 Å². The van der Waals surface area contributed by atoms with Gasteiger partial charge in [-0.15, -0.1) is 17.0 Å². The fourth-order valence-electron chi connectivity index (χ4n) is 1.79. The standard InChI is InChI=1S/C10H13NO2.BrH/c1-6-8-5-10(13)9(12)4-7(8)2-3-11-6;/h4-6,11-13H,2-3H2,1H3;1H/t6-;/m0./s1. The molecule has 0 bridgehead atoms. The van der Waals surface area contributed by atoms with E-state index < -0.39 is 0 Å². The molecule has 0 fully saturated rings. The fourth-order valence-corrected chi connectivity index (χ4v) is 1.79. The van der Waals surface area contributed by atoms with Crippen LogP contribution < -0.4 is 5.32 Å². The van der Waals surface area contributed by atoms with Gasteiger partial charge in [-0.2, -0.15) is 0 Å². The smallest absolute Gasteiger partial charge is 0.157 e. The molecule has 0 aromatic heterocycles. The number of aromatic hydroxyl groups is 2. The van der Waals surface area contributed by atoms with Crippen molar-refractivity contribution in [1.82, 2.24) is 5.32 Å². The molecule has 1 aromatic carbocycles. The topological polar surface area (TPSA) is 52.5 Å². The average Bonchev–Trinajstić information content (AvgIpc) is 2.09. The molecule has 78 valence electrons. The van der Waals surface area contributed by atoms with Gasteiger partial charge in [0.1, 0.15) is 0 Å². The molecule has 0 saturated carbocycles. The van der Waals surface area contributed by atoms with Gasteiger partial charge in [0.15, 0.2) is 11.5 Å². The van der Waals surface area contributed by atoms with Gasteiger partial charge in [-0.3, -0.25) is 0 Å². The quantitative estimate of drug-likeness (QED) is 0.624. The number of fused-ring (bicyclic) bond motifs is 1. The van der Waals surface area contributed by atoms with Crippen molar-refractivity contribution in [3.63, 3.8) is 0 Å². The van der Waals surface area contributed by atoms with Gasteiger partial charge in [-0.25, -0.2) is 0 Å². The van der Waals surface area contributed by atoms with E-state index in [0.717, 1.165) is 24.1 Å². The van der Waals surface area contributed by atoms with Gasteiger partial charge in [0.05, 0.1) is 0 Å². The summed E-state index contributed by atoms with van der Waals surface area (Å²) in [5.74, 6) is -0.0536. The van der Waals surface area contributed by atoms with Crippen LogP contribution in [0.25, 0.3) is 0 Å². The zero-order valence-corrected chi connectivity index (χ0v) is 9.66. The Morgan fingerprint density at radius 1 is 1.29 bits per heavy atom. The highest BCUT2D eigenvalue weighted by molar-refractivity contribution is 8.93. The number of benzene rings is 1. The van der Waals surface area contributed by atoms with E-state index in [4.69, 9.17) is 0 Å². The molecular formula is C10H14BrNO2. The van der Waals surface area contributed by atoms with Crippen molar-refractivity contribution in [1.29, 1.82) is 0 Å². The third-order valence-corrected chi connectivity index (χ3v) is 2.55. The number of phenols is 2. The van der Waals surface area contributed by atoms with Crippen molar-refractivity contribution in [2.24, 2.45) is 0 Å². The van der Waals surface area contributed by atoms with Crippen molar-refractivity contribution in [2.75, 3.05) is 6.54 Å². The first-order valence-corrected chi connectivity index (χ1v) is 4.46. The first-order valence-electron chi connectivity index (χ1n) is 4.46. The molecule has 0 aliphatic carbocycles. The second-order valence-corrected chi connectivity index (χ2v) is 3.47. The van der Waals surface area contributed by atoms with Crippen molar-refractivity contribution >= 4 is 17.0 Å². The van der Waals surface area contributed by atoms with E-state index >= 15 is 0 Å². The number of rotatable bonds is 0. The Kier molecular flexibility index (Phi) is 3.39. The second kappa shape index (κ2) is 4.19. The van der Waals surface area contributed by atoms with Crippen LogP contribution in [0.2, 0.25) is 0 Å². The number of hydrogen-bond donors (Lipinski definition) is 3. The zero-order chi connectivity index (χ0) is 9.42. The minimum atomic E-state index is -0.0331. The molecule has 3 N–H and O–H groups in total. The van der Waals surface area contributed by atoms with Gasteiger partial charge in [0.25, 0.3) is 0 Å². The summed E-state index contributed by atoms with van der Waals surface area (Å²) in [6.45, 7) is 2.98. The lowest BCUT2D eigenvalue weighted by molar-refractivity contribution is 0.399. The molecule has 1 heterocycles. The van der Waals surface area contributed by atoms with Gasteiger partial charge in [0, 0.05) is 6.04 Å². The third-order valence-electron chi connectivity index (χ3n) is 2.55. The van der Waals surface area contributed by atoms with E-state index in [2.05, 4.69) is 12.2 Å². The molecule has 0 amide bonds. The monoisotopic (exact) mass is 259 g/mol. The minimum absolute atomic E-state index is 0. The summed E-state index contributed by atoms with van der Waals surface area (Å²) in [6, 6.07) is 3.55. The van der Waals surface area contributed by atoms with E-state index in [1.807, 2.05) is 0 Å². The van der Waals surface area contributed by atoms with E-state index in [9.17, 15) is 10.2 Å². The number of phenolic OH excluding ortho intramolecular Hbond substituents is 2. The highest BCUT2D eigenvalue weighted by Gasteiger charge is 2.17. The average molecular weight is 260 g/mol. The highest BCUT2D eigenvalue weighted by atomic mass is 79.9. The molecular weight excluding hydrogens is 246 g/mol. The maximum atomic E-state index is 9.32. The predicted octanol–water partition coefficient (Wildman–Crippen LogP) is 1.88. The highest BCUT2D eigenvalue weighted by Crippen LogP contribution is 2.33. The van der Waals surface area contributed by atoms with Crippen molar-refractivity contribution < 1.29 is 10.2 Å². The fraction of sp³-hybridized carbons (Fsp3) is 0.400. The summed E-state index contributed by atoms with van der Waals surface area (Å²) in [5.41, 5.74) is 2.21. The Bertz CT molecular complexity index is 341. The maximum Gasteiger partial charge on any atom is 0.157 e. The van der Waals surface area contributed by atoms with Crippen molar-refractivity contribution in [2.45, 2.75) is 19.4 Å². The molecule has 0 radical (unpaired) electrons. The molecule has 1 aromatic rings. The lowest BCUT2D eigenvalue weighted by atomic mass is 9.95. The molecule has 0 unspecified atom stereocenters. The van der Waals surface area contributed by atoms with Crippen molar-refractivity contribution in [3.8, 4) is 11.5 Å². The van der Waals surface area contributed by atoms with Gasteiger partial charge in [-0.05, 0) is 43.1 Å². The number of hydrogen-bond acceptors (Lipinski definition) is 3. The molecule has 4 heteroatoms. The Morgan fingerprint density at radius 2 is 1.93 bits per heavy atom. The van der Waals surface area contributed by atoms with Gasteiger partial charge >= 0.3 is 0 Å². The van der Waals surface area contributed by atoms with Gasteiger partial charge < -0.3 is 15.5 Å². The van der Waals surface area contributed by atoms with E-state index in [-0.39, 0.29) is 34.5 Å². The van der Waals surface area contributed by atoms with E-state index in [0.29, 0.717) is 0 Å². The molecule has 1 aliphatic rings. The van der Waals surface area contributed by atoms with E-state index in [1.54, 1.807) is 12.1 Å². The molecule has 0 saturated heterocycles. The van der Waals surface area contributed by atoms with Crippen LogP contribution in [-0.4, -0.2) is 16.8 Å². The normalized spacial score (nSPS) is 19.6. The minimum Gasteiger partial charge on any atom is -0.504 e. The third kappa shape index (κ3) is 1.86. The first kappa shape index (κ1) is 11.3. The van der Waals surface area contributed by atoms with Gasteiger partial charge in [-0.1, -0.05) is 0 Å². The first-order chi connectivity index (χ1) is 6.18. The lowest BCUT2D eigenvalue weighted by Crippen LogP contribution is -2.27. The number of nitrogens with one attached hydrogen (secondary N) is 1.